The zero-order valence-corrected chi connectivity index (χ0v) is 11.8. The van der Waals surface area contributed by atoms with E-state index in [1.807, 2.05) is 24.3 Å². The second kappa shape index (κ2) is 5.24. The van der Waals surface area contributed by atoms with E-state index in [4.69, 9.17) is 0 Å². The van der Waals surface area contributed by atoms with Gasteiger partial charge in [-0.05, 0) is 25.0 Å². The summed E-state index contributed by atoms with van der Waals surface area (Å²) < 4.78 is 24.6. The van der Waals surface area contributed by atoms with Crippen molar-refractivity contribution in [3.8, 4) is 5.69 Å². The largest absolute Gasteiger partial charge is 0.381 e. The lowest BCUT2D eigenvalue weighted by atomic mass is 10.1. The lowest BCUT2D eigenvalue weighted by Crippen LogP contribution is -2.32. The van der Waals surface area contributed by atoms with Crippen LogP contribution < -0.4 is 5.32 Å². The Morgan fingerprint density at radius 3 is 2.65 bits per heavy atom. The van der Waals surface area contributed by atoms with Crippen molar-refractivity contribution in [1.29, 1.82) is 0 Å². The molecule has 1 aromatic heterocycles. The Balaban J connectivity index is 1.79. The average Bonchev–Trinajstić information content (AvgIpc) is 2.96. The smallest absolute Gasteiger partial charge is 0.150 e. The number of hydrogen-bond donors (Lipinski definition) is 1. The molecule has 0 aliphatic carbocycles. The van der Waals surface area contributed by atoms with Gasteiger partial charge in [0, 0.05) is 6.04 Å². The summed E-state index contributed by atoms with van der Waals surface area (Å²) >= 11 is 0. The highest BCUT2D eigenvalue weighted by atomic mass is 32.2. The highest BCUT2D eigenvalue weighted by Crippen LogP contribution is 2.23. The Hall–Kier alpha value is -1.89. The Kier molecular flexibility index (Phi) is 3.43. The van der Waals surface area contributed by atoms with Crippen molar-refractivity contribution in [2.45, 2.75) is 18.9 Å². The second-order valence-corrected chi connectivity index (χ2v) is 7.24. The molecule has 106 valence electrons. The maximum atomic E-state index is 11.5. The fourth-order valence-electron chi connectivity index (χ4n) is 2.39. The molecule has 7 heteroatoms. The van der Waals surface area contributed by atoms with Crippen LogP contribution in [0.25, 0.3) is 5.69 Å². The molecular weight excluding hydrogens is 276 g/mol. The SMILES string of the molecule is O=S1(=O)CCC(Nc2ccccc2-n2ccnn2)CC1. The van der Waals surface area contributed by atoms with Gasteiger partial charge in [0.1, 0.15) is 9.84 Å². The molecular formula is C13H16N4O2S. The first-order valence-electron chi connectivity index (χ1n) is 6.57. The average molecular weight is 292 g/mol. The van der Waals surface area contributed by atoms with Crippen molar-refractivity contribution >= 4 is 15.5 Å². The third kappa shape index (κ3) is 2.82. The van der Waals surface area contributed by atoms with E-state index >= 15 is 0 Å². The normalized spacial score (nSPS) is 18.8. The number of nitrogens with one attached hydrogen (secondary N) is 1. The van der Waals surface area contributed by atoms with Crippen molar-refractivity contribution in [3.63, 3.8) is 0 Å². The van der Waals surface area contributed by atoms with Crippen LogP contribution in [0.15, 0.2) is 36.7 Å². The molecule has 0 unspecified atom stereocenters. The Labute approximate surface area is 117 Å². The van der Waals surface area contributed by atoms with Gasteiger partial charge in [-0.1, -0.05) is 17.3 Å². The van der Waals surface area contributed by atoms with Gasteiger partial charge < -0.3 is 5.32 Å². The lowest BCUT2D eigenvalue weighted by molar-refractivity contribution is 0.559. The third-order valence-corrected chi connectivity index (χ3v) is 5.20. The number of hydrogen-bond acceptors (Lipinski definition) is 5. The minimum absolute atomic E-state index is 0.184. The first-order valence-corrected chi connectivity index (χ1v) is 8.39. The molecule has 0 spiro atoms. The summed E-state index contributed by atoms with van der Waals surface area (Å²) in [5.41, 5.74) is 1.86. The summed E-state index contributed by atoms with van der Waals surface area (Å²) in [5.74, 6) is 0.520. The first-order chi connectivity index (χ1) is 9.64. The highest BCUT2D eigenvalue weighted by molar-refractivity contribution is 7.91. The van der Waals surface area contributed by atoms with Crippen LogP contribution in [0, 0.1) is 0 Å². The minimum Gasteiger partial charge on any atom is -0.381 e. The van der Waals surface area contributed by atoms with E-state index in [-0.39, 0.29) is 17.5 Å². The predicted molar refractivity (Wildman–Crippen MR) is 76.7 cm³/mol. The van der Waals surface area contributed by atoms with Crippen LogP contribution >= 0.6 is 0 Å². The number of rotatable bonds is 3. The number of sulfone groups is 1. The van der Waals surface area contributed by atoms with E-state index in [1.54, 1.807) is 17.1 Å². The van der Waals surface area contributed by atoms with E-state index in [0.717, 1.165) is 11.4 Å². The molecule has 2 aromatic rings. The molecule has 6 nitrogen and oxygen atoms in total. The van der Waals surface area contributed by atoms with Crippen molar-refractivity contribution < 1.29 is 8.42 Å². The molecule has 0 bridgehead atoms. The van der Waals surface area contributed by atoms with Crippen LogP contribution in [-0.4, -0.2) is 41.0 Å². The minimum atomic E-state index is -2.83. The van der Waals surface area contributed by atoms with Gasteiger partial charge in [0.05, 0.1) is 35.3 Å². The fraction of sp³-hybridized carbons (Fsp3) is 0.385. The van der Waals surface area contributed by atoms with Gasteiger partial charge in [-0.25, -0.2) is 13.1 Å². The molecule has 1 aliphatic rings. The van der Waals surface area contributed by atoms with Gasteiger partial charge in [0.25, 0.3) is 0 Å². The lowest BCUT2D eigenvalue weighted by Gasteiger charge is -2.25. The van der Waals surface area contributed by atoms with Crippen molar-refractivity contribution in [2.75, 3.05) is 16.8 Å². The number of nitrogens with zero attached hydrogens (tertiary/aromatic N) is 3. The zero-order chi connectivity index (χ0) is 14.0. The molecule has 1 N–H and O–H groups in total. The van der Waals surface area contributed by atoms with Crippen molar-refractivity contribution in [1.82, 2.24) is 15.0 Å². The molecule has 0 saturated carbocycles. The van der Waals surface area contributed by atoms with Gasteiger partial charge in [-0.3, -0.25) is 0 Å². The number of para-hydroxylation sites is 2. The standard InChI is InChI=1S/C13H16N4O2S/c18-20(19)9-5-11(6-10-20)15-12-3-1-2-4-13(12)17-8-7-14-16-17/h1-4,7-8,11,15H,5-6,9-10H2. The molecule has 1 fully saturated rings. The van der Waals surface area contributed by atoms with E-state index < -0.39 is 9.84 Å². The monoisotopic (exact) mass is 292 g/mol. The van der Waals surface area contributed by atoms with Crippen LogP contribution in [0.3, 0.4) is 0 Å². The summed E-state index contributed by atoms with van der Waals surface area (Å²) in [4.78, 5) is 0. The van der Waals surface area contributed by atoms with E-state index in [9.17, 15) is 8.42 Å². The fourth-order valence-corrected chi connectivity index (χ4v) is 3.88. The number of aromatic nitrogens is 3. The molecule has 2 heterocycles. The van der Waals surface area contributed by atoms with Crippen LogP contribution in [0.5, 0.6) is 0 Å². The summed E-state index contributed by atoms with van der Waals surface area (Å²) in [6.07, 6.45) is 4.71. The maximum absolute atomic E-state index is 11.5. The molecule has 0 amide bonds. The molecule has 3 rings (SSSR count). The van der Waals surface area contributed by atoms with Crippen LogP contribution in [-0.2, 0) is 9.84 Å². The van der Waals surface area contributed by atoms with Gasteiger partial charge in [-0.15, -0.1) is 5.10 Å². The quantitative estimate of drug-likeness (QED) is 0.921. The Morgan fingerprint density at radius 2 is 1.95 bits per heavy atom. The molecule has 1 saturated heterocycles. The second-order valence-electron chi connectivity index (χ2n) is 4.94. The van der Waals surface area contributed by atoms with Gasteiger partial charge in [0.15, 0.2) is 0 Å². The topological polar surface area (TPSA) is 76.9 Å². The van der Waals surface area contributed by atoms with Crippen molar-refractivity contribution in [2.24, 2.45) is 0 Å². The van der Waals surface area contributed by atoms with Gasteiger partial charge in [-0.2, -0.15) is 0 Å². The van der Waals surface area contributed by atoms with Crippen LogP contribution in [0.4, 0.5) is 5.69 Å². The first kappa shape index (κ1) is 13.1. The van der Waals surface area contributed by atoms with E-state index in [2.05, 4.69) is 15.6 Å². The molecule has 1 aromatic carbocycles. The Bertz CT molecular complexity index is 668. The summed E-state index contributed by atoms with van der Waals surface area (Å²) in [5, 5.41) is 11.2. The van der Waals surface area contributed by atoms with Crippen LogP contribution in [0.2, 0.25) is 0 Å². The number of anilines is 1. The summed E-state index contributed by atoms with van der Waals surface area (Å²) in [7, 11) is -2.83. The summed E-state index contributed by atoms with van der Waals surface area (Å²) in [6, 6.07) is 8.00. The van der Waals surface area contributed by atoms with Gasteiger partial charge in [0.2, 0.25) is 0 Å². The third-order valence-electron chi connectivity index (χ3n) is 3.49. The van der Waals surface area contributed by atoms with E-state index in [0.29, 0.717) is 12.8 Å². The Morgan fingerprint density at radius 1 is 1.20 bits per heavy atom. The zero-order valence-electron chi connectivity index (χ0n) is 10.9. The van der Waals surface area contributed by atoms with Crippen molar-refractivity contribution in [3.05, 3.63) is 36.7 Å². The predicted octanol–water partition coefficient (Wildman–Crippen LogP) is 1.26. The maximum Gasteiger partial charge on any atom is 0.150 e. The van der Waals surface area contributed by atoms with Crippen LogP contribution in [0.1, 0.15) is 12.8 Å². The molecule has 20 heavy (non-hydrogen) atoms. The van der Waals surface area contributed by atoms with Gasteiger partial charge >= 0.3 is 0 Å². The number of benzene rings is 1. The molecule has 1 aliphatic heterocycles. The molecule has 0 atom stereocenters. The summed E-state index contributed by atoms with van der Waals surface area (Å²) in [6.45, 7) is 0. The molecule has 0 radical (unpaired) electrons. The highest BCUT2D eigenvalue weighted by Gasteiger charge is 2.23. The van der Waals surface area contributed by atoms with E-state index in [1.165, 1.54) is 0 Å².